The summed E-state index contributed by atoms with van der Waals surface area (Å²) < 4.78 is 6.98. The fourth-order valence-electron chi connectivity index (χ4n) is 3.92. The van der Waals surface area contributed by atoms with Crippen molar-refractivity contribution >= 4 is 23.4 Å². The largest absolute Gasteiger partial charge is 0.497 e. The van der Waals surface area contributed by atoms with Crippen LogP contribution < -0.4 is 15.4 Å². The summed E-state index contributed by atoms with van der Waals surface area (Å²) in [6, 6.07) is 16.8. The number of amides is 3. The molecule has 2 N–H and O–H groups in total. The van der Waals surface area contributed by atoms with Crippen molar-refractivity contribution in [2.24, 2.45) is 5.92 Å². The van der Waals surface area contributed by atoms with Crippen LogP contribution >= 0.6 is 0 Å². The second-order valence-corrected chi connectivity index (χ2v) is 10.5. The zero-order valence-corrected chi connectivity index (χ0v) is 23.0. The Balaban J connectivity index is 1.83. The summed E-state index contributed by atoms with van der Waals surface area (Å²) in [7, 11) is 1.62. The molecule has 0 saturated carbocycles. The summed E-state index contributed by atoms with van der Waals surface area (Å²) >= 11 is 0. The third-order valence-electron chi connectivity index (χ3n) is 5.91. The van der Waals surface area contributed by atoms with Gasteiger partial charge in [-0.25, -0.2) is 9.48 Å². The molecule has 0 radical (unpaired) electrons. The molecular formula is C29H39N5O3. The van der Waals surface area contributed by atoms with Gasteiger partial charge in [-0.3, -0.25) is 4.79 Å². The number of nitrogens with one attached hydrogen (secondary N) is 2. The van der Waals surface area contributed by atoms with E-state index in [-0.39, 0.29) is 29.8 Å². The summed E-state index contributed by atoms with van der Waals surface area (Å²) in [5.41, 5.74) is 3.22. The summed E-state index contributed by atoms with van der Waals surface area (Å²) in [5.74, 6) is 1.17. The molecule has 3 amide bonds. The Kier molecular flexibility index (Phi) is 8.97. The average molecular weight is 506 g/mol. The van der Waals surface area contributed by atoms with Gasteiger partial charge in [0.1, 0.15) is 18.1 Å². The van der Waals surface area contributed by atoms with Crippen molar-refractivity contribution in [1.82, 2.24) is 14.7 Å². The van der Waals surface area contributed by atoms with E-state index < -0.39 is 0 Å². The lowest BCUT2D eigenvalue weighted by Gasteiger charge is -2.25. The zero-order chi connectivity index (χ0) is 27.2. The molecule has 0 aliphatic rings. The highest BCUT2D eigenvalue weighted by Crippen LogP contribution is 2.27. The minimum Gasteiger partial charge on any atom is -0.497 e. The number of hydrogen-bond acceptors (Lipinski definition) is 4. The summed E-state index contributed by atoms with van der Waals surface area (Å²) in [6.07, 6.45) is 0.798. The first kappa shape index (κ1) is 27.8. The number of aromatic nitrogens is 2. The van der Waals surface area contributed by atoms with Crippen LogP contribution in [-0.2, 0) is 16.6 Å². The summed E-state index contributed by atoms with van der Waals surface area (Å²) in [6.45, 7) is 12.7. The number of rotatable bonds is 9. The maximum atomic E-state index is 13.2. The van der Waals surface area contributed by atoms with Crippen LogP contribution in [0.5, 0.6) is 5.75 Å². The van der Waals surface area contributed by atoms with Crippen LogP contribution in [0.25, 0.3) is 5.69 Å². The van der Waals surface area contributed by atoms with Crippen molar-refractivity contribution in [3.8, 4) is 11.4 Å². The first-order valence-electron chi connectivity index (χ1n) is 12.7. The average Bonchev–Trinajstić information content (AvgIpc) is 3.28. The van der Waals surface area contributed by atoms with Gasteiger partial charge in [0.2, 0.25) is 5.91 Å². The van der Waals surface area contributed by atoms with E-state index in [1.54, 1.807) is 16.7 Å². The molecule has 198 valence electrons. The zero-order valence-electron chi connectivity index (χ0n) is 23.0. The predicted octanol–water partition coefficient (Wildman–Crippen LogP) is 5.87. The number of carbonyl (C=O) groups is 2. The predicted molar refractivity (Wildman–Crippen MR) is 149 cm³/mol. The number of methoxy groups -OCH3 is 1. The van der Waals surface area contributed by atoms with E-state index in [2.05, 4.69) is 31.4 Å². The smallest absolute Gasteiger partial charge is 0.322 e. The molecule has 0 atom stereocenters. The van der Waals surface area contributed by atoms with Crippen LogP contribution in [0.3, 0.4) is 0 Å². The van der Waals surface area contributed by atoms with Gasteiger partial charge in [0.25, 0.3) is 0 Å². The van der Waals surface area contributed by atoms with Gasteiger partial charge in [-0.1, -0.05) is 59.7 Å². The van der Waals surface area contributed by atoms with E-state index >= 15 is 0 Å². The van der Waals surface area contributed by atoms with Gasteiger partial charge in [0.15, 0.2) is 0 Å². The van der Waals surface area contributed by atoms with E-state index in [0.717, 1.165) is 34.8 Å². The SMILES string of the molecule is CCc1ccccc1NC(=O)N(CC(=O)Nc1cc(C(C)(C)C)nn1-c1ccc(OC)cc1)CC(C)C. The molecule has 8 heteroatoms. The molecule has 8 nitrogen and oxygen atoms in total. The number of nitrogens with zero attached hydrogens (tertiary/aromatic N) is 3. The maximum Gasteiger partial charge on any atom is 0.322 e. The van der Waals surface area contributed by atoms with E-state index in [4.69, 9.17) is 9.84 Å². The number of para-hydroxylation sites is 1. The molecule has 1 heterocycles. The Hall–Kier alpha value is -3.81. The Morgan fingerprint density at radius 3 is 2.32 bits per heavy atom. The lowest BCUT2D eigenvalue weighted by Crippen LogP contribution is -2.42. The van der Waals surface area contributed by atoms with Gasteiger partial charge in [-0.2, -0.15) is 5.10 Å². The highest BCUT2D eigenvalue weighted by molar-refractivity contribution is 5.97. The normalized spacial score (nSPS) is 11.4. The Morgan fingerprint density at radius 1 is 1.05 bits per heavy atom. The topological polar surface area (TPSA) is 88.5 Å². The Labute approximate surface area is 220 Å². The fourth-order valence-corrected chi connectivity index (χ4v) is 3.92. The minimum atomic E-state index is -0.302. The standard InChI is InChI=1S/C29H39N5O3/c1-8-21-11-9-10-12-24(21)30-28(36)33(18-20(2)3)19-27(35)31-26-17-25(29(4,5)6)32-34(26)22-13-15-23(37-7)16-14-22/h9-17,20H,8,18-19H2,1-7H3,(H,30,36)(H,31,35). The molecule has 0 unspecified atom stereocenters. The molecular weight excluding hydrogens is 466 g/mol. The Morgan fingerprint density at radius 2 is 1.73 bits per heavy atom. The van der Waals surface area contributed by atoms with Gasteiger partial charge in [-0.05, 0) is 48.2 Å². The van der Waals surface area contributed by atoms with E-state index in [0.29, 0.717) is 12.4 Å². The van der Waals surface area contributed by atoms with Crippen LogP contribution in [-0.4, -0.2) is 46.8 Å². The molecule has 0 aliphatic heterocycles. The van der Waals surface area contributed by atoms with Gasteiger partial charge in [0.05, 0.1) is 18.5 Å². The highest BCUT2D eigenvalue weighted by Gasteiger charge is 2.24. The lowest BCUT2D eigenvalue weighted by atomic mass is 9.92. The molecule has 3 aromatic rings. The lowest BCUT2D eigenvalue weighted by molar-refractivity contribution is -0.116. The number of aryl methyl sites for hydroxylation is 1. The molecule has 0 bridgehead atoms. The molecule has 0 spiro atoms. The molecule has 0 saturated heterocycles. The van der Waals surface area contributed by atoms with Crippen LogP contribution in [0.15, 0.2) is 54.6 Å². The minimum absolute atomic E-state index is 0.0864. The number of urea groups is 1. The second-order valence-electron chi connectivity index (χ2n) is 10.5. The van der Waals surface area contributed by atoms with E-state index in [9.17, 15) is 9.59 Å². The molecule has 37 heavy (non-hydrogen) atoms. The van der Waals surface area contributed by atoms with Crippen molar-refractivity contribution in [3.05, 3.63) is 65.9 Å². The molecule has 1 aromatic heterocycles. The van der Waals surface area contributed by atoms with Crippen LogP contribution in [0.4, 0.5) is 16.3 Å². The third kappa shape index (κ3) is 7.35. The van der Waals surface area contributed by atoms with E-state index in [1.165, 1.54) is 0 Å². The third-order valence-corrected chi connectivity index (χ3v) is 5.91. The fraction of sp³-hybridized carbons (Fsp3) is 0.414. The van der Waals surface area contributed by atoms with Crippen molar-refractivity contribution in [3.63, 3.8) is 0 Å². The highest BCUT2D eigenvalue weighted by atomic mass is 16.5. The van der Waals surface area contributed by atoms with Crippen molar-refractivity contribution in [2.45, 2.75) is 53.4 Å². The first-order valence-corrected chi connectivity index (χ1v) is 12.7. The Bertz CT molecular complexity index is 1210. The summed E-state index contributed by atoms with van der Waals surface area (Å²) in [5, 5.41) is 10.7. The second kappa shape index (κ2) is 12.0. The van der Waals surface area contributed by atoms with Gasteiger partial charge in [0, 0.05) is 23.7 Å². The van der Waals surface area contributed by atoms with E-state index in [1.807, 2.05) is 75.4 Å². The van der Waals surface area contributed by atoms with Gasteiger partial charge in [-0.15, -0.1) is 0 Å². The maximum absolute atomic E-state index is 13.2. The molecule has 0 aliphatic carbocycles. The quantitative estimate of drug-likeness (QED) is 0.381. The number of carbonyl (C=O) groups excluding carboxylic acids is 2. The van der Waals surface area contributed by atoms with Crippen molar-refractivity contribution in [2.75, 3.05) is 30.8 Å². The summed E-state index contributed by atoms with van der Waals surface area (Å²) in [4.78, 5) is 28.0. The molecule has 0 fully saturated rings. The van der Waals surface area contributed by atoms with Gasteiger partial charge < -0.3 is 20.3 Å². The number of anilines is 2. The molecule has 3 rings (SSSR count). The van der Waals surface area contributed by atoms with Gasteiger partial charge >= 0.3 is 6.03 Å². The molecule has 2 aromatic carbocycles. The van der Waals surface area contributed by atoms with Crippen molar-refractivity contribution in [1.29, 1.82) is 0 Å². The van der Waals surface area contributed by atoms with Crippen molar-refractivity contribution < 1.29 is 14.3 Å². The van der Waals surface area contributed by atoms with Crippen LogP contribution in [0.1, 0.15) is 52.8 Å². The van der Waals surface area contributed by atoms with Crippen LogP contribution in [0.2, 0.25) is 0 Å². The number of ether oxygens (including phenoxy) is 1. The number of benzene rings is 2. The first-order chi connectivity index (χ1) is 17.5. The van der Waals surface area contributed by atoms with Crippen LogP contribution in [0, 0.1) is 5.92 Å². The number of hydrogen-bond donors (Lipinski definition) is 2. The monoisotopic (exact) mass is 505 g/mol.